The molecular formula is C12H12ClF3N2O2S. The smallest absolute Gasteiger partial charge is 0.301 e. The number of rotatable bonds is 2. The molecule has 0 saturated carbocycles. The van der Waals surface area contributed by atoms with E-state index in [9.17, 15) is 17.4 Å². The molecule has 116 valence electrons. The minimum atomic E-state index is -4.46. The lowest BCUT2D eigenvalue weighted by Gasteiger charge is -2.22. The highest BCUT2D eigenvalue weighted by Gasteiger charge is 2.51. The molecule has 1 aliphatic heterocycles. The molecular weight excluding hydrogens is 329 g/mol. The van der Waals surface area contributed by atoms with Crippen LogP contribution in [0, 0.1) is 16.4 Å². The van der Waals surface area contributed by atoms with E-state index in [2.05, 4.69) is 5.16 Å². The Morgan fingerprint density at radius 2 is 1.95 bits per heavy atom. The van der Waals surface area contributed by atoms with E-state index in [1.165, 1.54) is 0 Å². The molecule has 0 amide bonds. The van der Waals surface area contributed by atoms with E-state index in [4.69, 9.17) is 21.2 Å². The van der Waals surface area contributed by atoms with Gasteiger partial charge in [-0.15, -0.1) is 0 Å². The van der Waals surface area contributed by atoms with Crippen LogP contribution in [0.5, 0.6) is 0 Å². The van der Waals surface area contributed by atoms with Gasteiger partial charge in [-0.05, 0) is 26.0 Å². The van der Waals surface area contributed by atoms with Crippen LogP contribution in [0.3, 0.4) is 0 Å². The molecule has 1 unspecified atom stereocenters. The average molecular weight is 341 g/mol. The Morgan fingerprint density at radius 1 is 1.43 bits per heavy atom. The van der Waals surface area contributed by atoms with E-state index in [-0.39, 0.29) is 6.42 Å². The van der Waals surface area contributed by atoms with Crippen LogP contribution >= 0.6 is 11.6 Å². The van der Waals surface area contributed by atoms with Gasteiger partial charge in [0.15, 0.2) is 5.04 Å². The quantitative estimate of drug-likeness (QED) is 0.831. The van der Waals surface area contributed by atoms with Crippen molar-refractivity contribution >= 4 is 26.4 Å². The van der Waals surface area contributed by atoms with Crippen molar-refractivity contribution in [1.82, 2.24) is 0 Å². The summed E-state index contributed by atoms with van der Waals surface area (Å²) in [6.07, 6.45) is -0.135. The highest BCUT2D eigenvalue weighted by Crippen LogP contribution is 2.43. The fraction of sp³-hybridized carbons (Fsp3) is 0.417. The lowest BCUT2D eigenvalue weighted by molar-refractivity contribution is 0.0123. The highest BCUT2D eigenvalue weighted by atomic mass is 35.5. The molecule has 1 aliphatic rings. The second-order valence-corrected chi connectivity index (χ2v) is 8.07. The Balaban J connectivity index is 2.54. The van der Waals surface area contributed by atoms with E-state index >= 15 is 0 Å². The molecule has 4 nitrogen and oxygen atoms in total. The number of hydrogen-bond donors (Lipinski definition) is 1. The van der Waals surface area contributed by atoms with Crippen LogP contribution in [-0.4, -0.2) is 14.9 Å². The number of hydrogen-bond acceptors (Lipinski definition) is 4. The molecule has 1 aromatic rings. The molecule has 1 aromatic carbocycles. The molecule has 1 N–H and O–H groups in total. The highest BCUT2D eigenvalue weighted by molar-refractivity contribution is 8.08. The molecule has 2 atom stereocenters. The molecule has 0 aromatic heterocycles. The Labute approximate surface area is 124 Å². The summed E-state index contributed by atoms with van der Waals surface area (Å²) in [5.41, 5.74) is -2.15. The van der Waals surface area contributed by atoms with E-state index in [0.717, 1.165) is 18.2 Å². The van der Waals surface area contributed by atoms with Crippen LogP contribution in [-0.2, 0) is 19.0 Å². The number of benzene rings is 1. The maximum Gasteiger partial charge on any atom is 0.301 e. The van der Waals surface area contributed by atoms with Gasteiger partial charge in [-0.2, -0.15) is 0 Å². The predicted octanol–water partition coefficient (Wildman–Crippen LogP) is 3.84. The van der Waals surface area contributed by atoms with Crippen LogP contribution in [0.25, 0.3) is 0 Å². The second kappa shape index (κ2) is 4.88. The molecule has 0 saturated heterocycles. The molecule has 0 radical (unpaired) electrons. The largest absolute Gasteiger partial charge is 0.389 e. The zero-order valence-electron chi connectivity index (χ0n) is 11.1. The summed E-state index contributed by atoms with van der Waals surface area (Å²) in [7, 11) is -4.46. The van der Waals surface area contributed by atoms with Gasteiger partial charge in [0, 0.05) is 6.42 Å². The Kier molecular flexibility index (Phi) is 3.74. The SMILES string of the molecule is CC1(C)CC(S(=N)(=O)[C@](F)(Cl)c2c(F)cccc2F)=NO1. The first-order chi connectivity index (χ1) is 9.49. The molecule has 2 rings (SSSR count). The van der Waals surface area contributed by atoms with Crippen molar-refractivity contribution in [2.24, 2.45) is 5.16 Å². The average Bonchev–Trinajstić information content (AvgIpc) is 2.69. The van der Waals surface area contributed by atoms with Gasteiger partial charge in [-0.25, -0.2) is 22.2 Å². The van der Waals surface area contributed by atoms with Crippen molar-refractivity contribution in [2.75, 3.05) is 0 Å². The topological polar surface area (TPSA) is 62.5 Å². The van der Waals surface area contributed by atoms with Crippen LogP contribution in [0.15, 0.2) is 23.4 Å². The molecule has 9 heteroatoms. The fourth-order valence-corrected chi connectivity index (χ4v) is 3.74. The molecule has 0 spiro atoms. The minimum Gasteiger partial charge on any atom is -0.389 e. The summed E-state index contributed by atoms with van der Waals surface area (Å²) in [5, 5.41) is 2.92. The van der Waals surface area contributed by atoms with Gasteiger partial charge in [0.05, 0.1) is 5.56 Å². The summed E-state index contributed by atoms with van der Waals surface area (Å²) < 4.78 is 58.6. The Morgan fingerprint density at radius 3 is 2.38 bits per heavy atom. The van der Waals surface area contributed by atoms with Crippen LogP contribution in [0.1, 0.15) is 25.8 Å². The van der Waals surface area contributed by atoms with Gasteiger partial charge in [-0.3, -0.25) is 0 Å². The molecule has 0 bridgehead atoms. The first kappa shape index (κ1) is 16.1. The van der Waals surface area contributed by atoms with E-state index in [1.54, 1.807) is 13.8 Å². The first-order valence-corrected chi connectivity index (χ1v) is 7.78. The van der Waals surface area contributed by atoms with Gasteiger partial charge >= 0.3 is 4.46 Å². The first-order valence-electron chi connectivity index (χ1n) is 5.85. The van der Waals surface area contributed by atoms with Gasteiger partial charge in [0.2, 0.25) is 0 Å². The summed E-state index contributed by atoms with van der Waals surface area (Å²) in [4.78, 5) is 4.91. The van der Waals surface area contributed by atoms with Gasteiger partial charge in [-0.1, -0.05) is 22.8 Å². The van der Waals surface area contributed by atoms with Crippen molar-refractivity contribution in [3.8, 4) is 0 Å². The van der Waals surface area contributed by atoms with Gasteiger partial charge in [0.25, 0.3) is 0 Å². The fourth-order valence-electron chi connectivity index (χ4n) is 1.82. The normalized spacial score (nSPS) is 22.9. The number of nitrogens with one attached hydrogen (secondary N) is 1. The number of oxime groups is 1. The maximum atomic E-state index is 14.7. The lowest BCUT2D eigenvalue weighted by Crippen LogP contribution is -2.33. The molecule has 21 heavy (non-hydrogen) atoms. The summed E-state index contributed by atoms with van der Waals surface area (Å²) in [6.45, 7) is 3.16. The van der Waals surface area contributed by atoms with Crippen molar-refractivity contribution in [2.45, 2.75) is 30.3 Å². The Hall–Kier alpha value is -1.28. The summed E-state index contributed by atoms with van der Waals surface area (Å²) in [5.74, 6) is -2.66. The number of nitrogens with zero attached hydrogens (tertiary/aromatic N) is 1. The zero-order chi connectivity index (χ0) is 16.1. The maximum absolute atomic E-state index is 14.7. The summed E-state index contributed by atoms with van der Waals surface area (Å²) >= 11 is 5.49. The minimum absolute atomic E-state index is 0.135. The van der Waals surface area contributed by atoms with Gasteiger partial charge in [0.1, 0.15) is 27.0 Å². The lowest BCUT2D eigenvalue weighted by atomic mass is 10.1. The molecule has 0 fully saturated rings. The second-order valence-electron chi connectivity index (χ2n) is 5.18. The number of halogens is 4. The summed E-state index contributed by atoms with van der Waals surface area (Å²) in [6, 6.07) is 2.54. The van der Waals surface area contributed by atoms with E-state index < -0.39 is 42.0 Å². The van der Waals surface area contributed by atoms with Crippen LogP contribution in [0.4, 0.5) is 13.2 Å². The predicted molar refractivity (Wildman–Crippen MR) is 73.1 cm³/mol. The van der Waals surface area contributed by atoms with Crippen molar-refractivity contribution in [3.05, 3.63) is 35.4 Å². The monoisotopic (exact) mass is 340 g/mol. The van der Waals surface area contributed by atoms with Crippen molar-refractivity contribution in [1.29, 1.82) is 4.78 Å². The Bertz CT molecular complexity index is 697. The molecule has 1 heterocycles. The standard InChI is InChI=1S/C12H12ClF3N2O2S/c1-11(2)6-9(18-20-11)21(17,19)12(13,16)10-7(14)4-3-5-8(10)15/h3-5,17H,6H2,1-2H3/t12-,21?/m0/s1. The van der Waals surface area contributed by atoms with Crippen molar-refractivity contribution < 1.29 is 22.2 Å². The van der Waals surface area contributed by atoms with Crippen molar-refractivity contribution in [3.63, 3.8) is 0 Å². The van der Waals surface area contributed by atoms with E-state index in [0.29, 0.717) is 0 Å². The molecule has 0 aliphatic carbocycles. The van der Waals surface area contributed by atoms with E-state index in [1.807, 2.05) is 0 Å². The van der Waals surface area contributed by atoms with Crippen LogP contribution in [0.2, 0.25) is 0 Å². The third-order valence-corrected chi connectivity index (χ3v) is 5.57. The third-order valence-electron chi connectivity index (χ3n) is 2.92. The zero-order valence-corrected chi connectivity index (χ0v) is 12.7. The van der Waals surface area contributed by atoms with Gasteiger partial charge < -0.3 is 4.84 Å². The third kappa shape index (κ3) is 2.62. The number of alkyl halides is 2. The van der Waals surface area contributed by atoms with Crippen LogP contribution < -0.4 is 0 Å².